The molecule has 4 heteroatoms. The summed E-state index contributed by atoms with van der Waals surface area (Å²) < 4.78 is 13.1. The van der Waals surface area contributed by atoms with Gasteiger partial charge in [0.05, 0.1) is 11.6 Å². The number of carbonyl (C=O) groups is 1. The van der Waals surface area contributed by atoms with Crippen LogP contribution in [0.15, 0.2) is 24.3 Å². The first-order valence-electron chi connectivity index (χ1n) is 6.22. The summed E-state index contributed by atoms with van der Waals surface area (Å²) in [4.78, 5) is 12.0. The summed E-state index contributed by atoms with van der Waals surface area (Å²) in [7, 11) is 0. The average Bonchev–Trinajstić information content (AvgIpc) is 2.28. The number of nitrogens with one attached hydrogen (secondary N) is 1. The predicted octanol–water partition coefficient (Wildman–Crippen LogP) is 2.52. The lowest BCUT2D eigenvalue weighted by Crippen LogP contribution is -2.52. The molecule has 1 rings (SSSR count). The van der Waals surface area contributed by atoms with Crippen molar-refractivity contribution < 1.29 is 9.18 Å². The number of carbonyl (C=O) groups excluding carboxylic acids is 1. The van der Waals surface area contributed by atoms with Gasteiger partial charge in [-0.05, 0) is 38.0 Å². The molecule has 0 aromatic heterocycles. The van der Waals surface area contributed by atoms with Crippen molar-refractivity contribution in [2.24, 2.45) is 5.73 Å². The van der Waals surface area contributed by atoms with Crippen molar-refractivity contribution in [3.63, 3.8) is 0 Å². The quantitative estimate of drug-likeness (QED) is 0.846. The van der Waals surface area contributed by atoms with Crippen LogP contribution in [-0.4, -0.2) is 11.4 Å². The van der Waals surface area contributed by atoms with E-state index in [2.05, 4.69) is 5.32 Å². The number of amides is 1. The van der Waals surface area contributed by atoms with Crippen LogP contribution in [0.3, 0.4) is 0 Å². The van der Waals surface area contributed by atoms with Crippen LogP contribution >= 0.6 is 0 Å². The van der Waals surface area contributed by atoms with Crippen LogP contribution in [0.4, 0.5) is 4.39 Å². The van der Waals surface area contributed by atoms with Gasteiger partial charge in [0.1, 0.15) is 5.82 Å². The minimum absolute atomic E-state index is 0.207. The van der Waals surface area contributed by atoms with Crippen LogP contribution < -0.4 is 11.1 Å². The van der Waals surface area contributed by atoms with Gasteiger partial charge in [-0.1, -0.05) is 25.5 Å². The molecule has 3 N–H and O–H groups in total. The Balaban J connectivity index is 2.70. The second-order valence-electron chi connectivity index (χ2n) is 4.92. The topological polar surface area (TPSA) is 55.1 Å². The van der Waals surface area contributed by atoms with E-state index in [9.17, 15) is 9.18 Å². The SMILES string of the molecule is CCCC(C)(N)C(=O)N[C@@H](C)c1cccc(F)c1. The Kier molecular flexibility index (Phi) is 4.84. The minimum Gasteiger partial charge on any atom is -0.348 e. The molecule has 1 unspecified atom stereocenters. The maximum Gasteiger partial charge on any atom is 0.240 e. The van der Waals surface area contributed by atoms with Gasteiger partial charge < -0.3 is 11.1 Å². The van der Waals surface area contributed by atoms with Crippen LogP contribution in [0.5, 0.6) is 0 Å². The minimum atomic E-state index is -0.879. The molecule has 1 aromatic carbocycles. The summed E-state index contributed by atoms with van der Waals surface area (Å²) >= 11 is 0. The van der Waals surface area contributed by atoms with Gasteiger partial charge >= 0.3 is 0 Å². The van der Waals surface area contributed by atoms with Gasteiger partial charge in [-0.25, -0.2) is 4.39 Å². The number of hydrogen-bond acceptors (Lipinski definition) is 2. The molecule has 0 heterocycles. The number of benzene rings is 1. The molecule has 0 bridgehead atoms. The lowest BCUT2D eigenvalue weighted by atomic mass is 9.95. The van der Waals surface area contributed by atoms with Gasteiger partial charge in [0.2, 0.25) is 5.91 Å². The molecule has 18 heavy (non-hydrogen) atoms. The summed E-state index contributed by atoms with van der Waals surface area (Å²) in [6.07, 6.45) is 1.46. The fraction of sp³-hybridized carbons (Fsp3) is 0.500. The van der Waals surface area contributed by atoms with E-state index in [-0.39, 0.29) is 17.8 Å². The largest absolute Gasteiger partial charge is 0.348 e. The Morgan fingerprint density at radius 1 is 1.56 bits per heavy atom. The highest BCUT2D eigenvalue weighted by molar-refractivity contribution is 5.85. The van der Waals surface area contributed by atoms with Gasteiger partial charge in [0, 0.05) is 0 Å². The molecule has 3 nitrogen and oxygen atoms in total. The zero-order valence-corrected chi connectivity index (χ0v) is 11.2. The molecular formula is C14H21FN2O. The highest BCUT2D eigenvalue weighted by atomic mass is 19.1. The van der Waals surface area contributed by atoms with Gasteiger partial charge in [-0.15, -0.1) is 0 Å². The second-order valence-corrected chi connectivity index (χ2v) is 4.92. The highest BCUT2D eigenvalue weighted by Crippen LogP contribution is 2.16. The van der Waals surface area contributed by atoms with E-state index < -0.39 is 5.54 Å². The molecule has 0 radical (unpaired) electrons. The second kappa shape index (κ2) is 5.96. The van der Waals surface area contributed by atoms with Crippen molar-refractivity contribution in [3.8, 4) is 0 Å². The van der Waals surface area contributed by atoms with E-state index in [1.54, 1.807) is 19.1 Å². The zero-order chi connectivity index (χ0) is 13.8. The lowest BCUT2D eigenvalue weighted by Gasteiger charge is -2.25. The lowest BCUT2D eigenvalue weighted by molar-refractivity contribution is -0.126. The van der Waals surface area contributed by atoms with Crippen molar-refractivity contribution in [3.05, 3.63) is 35.6 Å². The van der Waals surface area contributed by atoms with Crippen LogP contribution in [0.25, 0.3) is 0 Å². The van der Waals surface area contributed by atoms with Gasteiger partial charge in [-0.3, -0.25) is 4.79 Å². The normalized spacial score (nSPS) is 15.8. The molecule has 100 valence electrons. The molecular weight excluding hydrogens is 231 g/mol. The number of halogens is 1. The average molecular weight is 252 g/mol. The van der Waals surface area contributed by atoms with E-state index >= 15 is 0 Å². The van der Waals surface area contributed by atoms with Crippen molar-refractivity contribution in [1.82, 2.24) is 5.32 Å². The molecule has 0 aliphatic carbocycles. The first-order valence-corrected chi connectivity index (χ1v) is 6.22. The smallest absolute Gasteiger partial charge is 0.240 e. The molecule has 2 atom stereocenters. The van der Waals surface area contributed by atoms with E-state index in [0.29, 0.717) is 6.42 Å². The third-order valence-corrected chi connectivity index (χ3v) is 2.98. The van der Waals surface area contributed by atoms with Gasteiger partial charge in [-0.2, -0.15) is 0 Å². The third-order valence-electron chi connectivity index (χ3n) is 2.98. The van der Waals surface area contributed by atoms with Crippen LogP contribution in [0.1, 0.15) is 45.2 Å². The molecule has 0 fully saturated rings. The summed E-state index contributed by atoms with van der Waals surface area (Å²) in [5.41, 5.74) is 5.79. The summed E-state index contributed by atoms with van der Waals surface area (Å²) in [5, 5.41) is 2.82. The molecule has 0 saturated heterocycles. The molecule has 0 saturated carbocycles. The molecule has 0 spiro atoms. The fourth-order valence-corrected chi connectivity index (χ4v) is 1.85. The Morgan fingerprint density at radius 3 is 2.78 bits per heavy atom. The van der Waals surface area contributed by atoms with Crippen molar-refractivity contribution in [2.45, 2.75) is 45.2 Å². The number of nitrogens with two attached hydrogens (primary N) is 1. The summed E-state index contributed by atoms with van der Waals surface area (Å²) in [6.45, 7) is 5.51. The van der Waals surface area contributed by atoms with Crippen molar-refractivity contribution >= 4 is 5.91 Å². The first kappa shape index (κ1) is 14.6. The Hall–Kier alpha value is -1.42. The number of rotatable bonds is 5. The monoisotopic (exact) mass is 252 g/mol. The maximum atomic E-state index is 13.1. The summed E-state index contributed by atoms with van der Waals surface area (Å²) in [5.74, 6) is -0.515. The van der Waals surface area contributed by atoms with Crippen LogP contribution in [-0.2, 0) is 4.79 Å². The predicted molar refractivity (Wildman–Crippen MR) is 70.5 cm³/mol. The zero-order valence-electron chi connectivity index (χ0n) is 11.2. The molecule has 0 aliphatic rings. The van der Waals surface area contributed by atoms with Crippen molar-refractivity contribution in [2.75, 3.05) is 0 Å². The van der Waals surface area contributed by atoms with E-state index in [4.69, 9.17) is 5.73 Å². The third kappa shape index (κ3) is 3.81. The van der Waals surface area contributed by atoms with E-state index in [0.717, 1.165) is 12.0 Å². The molecule has 1 amide bonds. The van der Waals surface area contributed by atoms with Gasteiger partial charge in [0.25, 0.3) is 0 Å². The first-order chi connectivity index (χ1) is 8.36. The maximum absolute atomic E-state index is 13.1. The summed E-state index contributed by atoms with van der Waals surface area (Å²) in [6, 6.07) is 5.94. The Labute approximate surface area is 108 Å². The van der Waals surface area contributed by atoms with Crippen LogP contribution in [0.2, 0.25) is 0 Å². The van der Waals surface area contributed by atoms with Crippen molar-refractivity contribution in [1.29, 1.82) is 0 Å². The number of hydrogen-bond donors (Lipinski definition) is 2. The van der Waals surface area contributed by atoms with E-state index in [1.165, 1.54) is 12.1 Å². The van der Waals surface area contributed by atoms with Crippen LogP contribution in [0, 0.1) is 5.82 Å². The Morgan fingerprint density at radius 2 is 2.22 bits per heavy atom. The highest BCUT2D eigenvalue weighted by Gasteiger charge is 2.28. The van der Waals surface area contributed by atoms with Gasteiger partial charge in [0.15, 0.2) is 0 Å². The molecule has 0 aliphatic heterocycles. The fourth-order valence-electron chi connectivity index (χ4n) is 1.85. The van der Waals surface area contributed by atoms with E-state index in [1.807, 2.05) is 13.8 Å². The molecule has 1 aromatic rings. The Bertz CT molecular complexity index is 418. The standard InChI is InChI=1S/C14H21FN2O/c1-4-8-14(3,16)13(18)17-10(2)11-6-5-7-12(15)9-11/h5-7,9-10H,4,8,16H2,1-3H3,(H,17,18)/t10-,14?/m0/s1.